The first-order valence-corrected chi connectivity index (χ1v) is 8.70. The van der Waals surface area contributed by atoms with E-state index >= 15 is 0 Å². The van der Waals surface area contributed by atoms with E-state index in [1.165, 1.54) is 0 Å². The summed E-state index contributed by atoms with van der Waals surface area (Å²) in [5, 5.41) is 2.90. The Labute approximate surface area is 144 Å². The van der Waals surface area contributed by atoms with Gasteiger partial charge < -0.3 is 15.0 Å². The fourth-order valence-corrected chi connectivity index (χ4v) is 2.71. The summed E-state index contributed by atoms with van der Waals surface area (Å²) in [4.78, 5) is 26.2. The number of nitrogens with one attached hydrogen (secondary N) is 1. The third-order valence-electron chi connectivity index (χ3n) is 4.06. The van der Waals surface area contributed by atoms with Crippen molar-refractivity contribution >= 4 is 17.5 Å². The number of likely N-dealkylation sites (tertiary alicyclic amines) is 1. The van der Waals surface area contributed by atoms with Crippen molar-refractivity contribution in [3.05, 3.63) is 24.3 Å². The van der Waals surface area contributed by atoms with Gasteiger partial charge in [-0.3, -0.25) is 9.59 Å². The fourth-order valence-electron chi connectivity index (χ4n) is 2.71. The average molecular weight is 332 g/mol. The van der Waals surface area contributed by atoms with Gasteiger partial charge in [0.1, 0.15) is 5.75 Å². The lowest BCUT2D eigenvalue weighted by Crippen LogP contribution is -2.29. The first-order chi connectivity index (χ1) is 11.3. The Morgan fingerprint density at radius 3 is 2.50 bits per heavy atom. The zero-order valence-electron chi connectivity index (χ0n) is 15.0. The molecule has 1 fully saturated rings. The van der Waals surface area contributed by atoms with Crippen LogP contribution in [0.4, 0.5) is 5.69 Å². The molecule has 0 radical (unpaired) electrons. The molecule has 0 saturated carbocycles. The second-order valence-electron chi connectivity index (χ2n) is 7.10. The molecule has 1 aromatic rings. The third-order valence-corrected chi connectivity index (χ3v) is 4.06. The lowest BCUT2D eigenvalue weighted by atomic mass is 10.1. The second kappa shape index (κ2) is 8.18. The van der Waals surface area contributed by atoms with Gasteiger partial charge in [-0.15, -0.1) is 0 Å². The van der Waals surface area contributed by atoms with Crippen molar-refractivity contribution in [3.63, 3.8) is 0 Å². The summed E-state index contributed by atoms with van der Waals surface area (Å²) in [6, 6.07) is 7.32. The predicted octanol–water partition coefficient (Wildman–Crippen LogP) is 3.31. The fraction of sp³-hybridized carbons (Fsp3) is 0.579. The highest BCUT2D eigenvalue weighted by Gasteiger charge is 2.34. The zero-order valence-corrected chi connectivity index (χ0v) is 15.0. The molecule has 1 aliphatic rings. The Balaban J connectivity index is 1.87. The summed E-state index contributed by atoms with van der Waals surface area (Å²) < 4.78 is 5.58. The molecule has 1 unspecified atom stereocenters. The van der Waals surface area contributed by atoms with Gasteiger partial charge in [-0.05, 0) is 50.5 Å². The molecule has 0 spiro atoms. The molecule has 1 heterocycles. The van der Waals surface area contributed by atoms with Crippen molar-refractivity contribution in [2.24, 2.45) is 11.8 Å². The van der Waals surface area contributed by atoms with E-state index in [0.717, 1.165) is 24.4 Å². The van der Waals surface area contributed by atoms with Crippen LogP contribution in [0.1, 0.15) is 40.5 Å². The molecule has 2 amide bonds. The highest BCUT2D eigenvalue weighted by Crippen LogP contribution is 2.22. The van der Waals surface area contributed by atoms with Gasteiger partial charge in [0.15, 0.2) is 0 Å². The molecule has 1 N–H and O–H groups in total. The smallest absolute Gasteiger partial charge is 0.229 e. The van der Waals surface area contributed by atoms with Gasteiger partial charge in [0.25, 0.3) is 0 Å². The SMILES string of the molecule is CC(C)CCN1CC(C(=O)Nc2ccc(OC(C)C)cc2)CC1=O. The lowest BCUT2D eigenvalue weighted by Gasteiger charge is -2.17. The molecular formula is C19H28N2O3. The van der Waals surface area contributed by atoms with Gasteiger partial charge in [0.05, 0.1) is 12.0 Å². The van der Waals surface area contributed by atoms with Crippen molar-refractivity contribution in [1.82, 2.24) is 4.90 Å². The van der Waals surface area contributed by atoms with Gasteiger partial charge in [-0.25, -0.2) is 0 Å². The van der Waals surface area contributed by atoms with Crippen LogP contribution in [-0.4, -0.2) is 35.9 Å². The molecule has 24 heavy (non-hydrogen) atoms. The van der Waals surface area contributed by atoms with E-state index in [4.69, 9.17) is 4.74 Å². The van der Waals surface area contributed by atoms with Crippen molar-refractivity contribution in [1.29, 1.82) is 0 Å². The normalized spacial score (nSPS) is 17.7. The number of nitrogens with zero attached hydrogens (tertiary/aromatic N) is 1. The summed E-state index contributed by atoms with van der Waals surface area (Å²) in [7, 11) is 0. The molecule has 1 saturated heterocycles. The molecule has 0 aromatic heterocycles. The molecule has 5 heteroatoms. The molecule has 0 aliphatic carbocycles. The second-order valence-corrected chi connectivity index (χ2v) is 7.10. The number of ether oxygens (including phenoxy) is 1. The van der Waals surface area contributed by atoms with Gasteiger partial charge in [0, 0.05) is 25.2 Å². The Morgan fingerprint density at radius 1 is 1.25 bits per heavy atom. The number of carbonyl (C=O) groups excluding carboxylic acids is 2. The minimum Gasteiger partial charge on any atom is -0.491 e. The van der Waals surface area contributed by atoms with Crippen molar-refractivity contribution < 1.29 is 14.3 Å². The van der Waals surface area contributed by atoms with E-state index in [2.05, 4.69) is 19.2 Å². The quantitative estimate of drug-likeness (QED) is 0.833. The number of carbonyl (C=O) groups is 2. The van der Waals surface area contributed by atoms with Crippen LogP contribution in [0.15, 0.2) is 24.3 Å². The van der Waals surface area contributed by atoms with Crippen molar-refractivity contribution in [3.8, 4) is 5.75 Å². The summed E-state index contributed by atoms with van der Waals surface area (Å²) in [6.07, 6.45) is 1.39. The maximum atomic E-state index is 12.4. The number of anilines is 1. The predicted molar refractivity (Wildman–Crippen MR) is 95.0 cm³/mol. The van der Waals surface area contributed by atoms with Crippen LogP contribution in [0, 0.1) is 11.8 Å². The molecule has 1 aliphatic heterocycles. The highest BCUT2D eigenvalue weighted by molar-refractivity contribution is 5.97. The van der Waals surface area contributed by atoms with Crippen LogP contribution in [0.5, 0.6) is 5.75 Å². The van der Waals surface area contributed by atoms with Crippen LogP contribution < -0.4 is 10.1 Å². The first-order valence-electron chi connectivity index (χ1n) is 8.70. The summed E-state index contributed by atoms with van der Waals surface area (Å²) in [6.45, 7) is 9.47. The summed E-state index contributed by atoms with van der Waals surface area (Å²) >= 11 is 0. The Kier molecular flexibility index (Phi) is 6.23. The van der Waals surface area contributed by atoms with Gasteiger partial charge in [-0.2, -0.15) is 0 Å². The van der Waals surface area contributed by atoms with Crippen LogP contribution in [-0.2, 0) is 9.59 Å². The van der Waals surface area contributed by atoms with E-state index in [0.29, 0.717) is 18.9 Å². The van der Waals surface area contributed by atoms with E-state index in [9.17, 15) is 9.59 Å². The Hall–Kier alpha value is -2.04. The molecule has 2 rings (SSSR count). The highest BCUT2D eigenvalue weighted by atomic mass is 16.5. The van der Waals surface area contributed by atoms with E-state index in [1.54, 1.807) is 0 Å². The summed E-state index contributed by atoms with van der Waals surface area (Å²) in [5.41, 5.74) is 0.726. The van der Waals surface area contributed by atoms with E-state index < -0.39 is 0 Å². The Bertz CT molecular complexity index is 566. The Morgan fingerprint density at radius 2 is 1.92 bits per heavy atom. The van der Waals surface area contributed by atoms with Crippen LogP contribution >= 0.6 is 0 Å². The molecule has 1 atom stereocenters. The molecular weight excluding hydrogens is 304 g/mol. The monoisotopic (exact) mass is 332 g/mol. The maximum absolute atomic E-state index is 12.4. The standard InChI is InChI=1S/C19H28N2O3/c1-13(2)9-10-21-12-15(11-18(21)22)19(23)20-16-5-7-17(8-6-16)24-14(3)4/h5-8,13-15H,9-12H2,1-4H3,(H,20,23). The van der Waals surface area contributed by atoms with Gasteiger partial charge >= 0.3 is 0 Å². The number of benzene rings is 1. The van der Waals surface area contributed by atoms with Crippen molar-refractivity contribution in [2.75, 3.05) is 18.4 Å². The number of amides is 2. The van der Waals surface area contributed by atoms with E-state index in [1.807, 2.05) is 43.0 Å². The first kappa shape index (κ1) is 18.3. The summed E-state index contributed by atoms with van der Waals surface area (Å²) in [5.74, 6) is 1.05. The van der Waals surface area contributed by atoms with Gasteiger partial charge in [-0.1, -0.05) is 13.8 Å². The minimum absolute atomic E-state index is 0.0801. The lowest BCUT2D eigenvalue weighted by molar-refractivity contribution is -0.128. The van der Waals surface area contributed by atoms with Crippen LogP contribution in [0.25, 0.3) is 0 Å². The minimum atomic E-state index is -0.267. The third kappa shape index (κ3) is 5.25. The number of hydrogen-bond donors (Lipinski definition) is 1. The van der Waals surface area contributed by atoms with E-state index in [-0.39, 0.29) is 23.8 Å². The molecule has 0 bridgehead atoms. The topological polar surface area (TPSA) is 58.6 Å². The number of rotatable bonds is 7. The van der Waals surface area contributed by atoms with Crippen molar-refractivity contribution in [2.45, 2.75) is 46.6 Å². The van der Waals surface area contributed by atoms with Crippen LogP contribution in [0.2, 0.25) is 0 Å². The van der Waals surface area contributed by atoms with Gasteiger partial charge in [0.2, 0.25) is 11.8 Å². The zero-order chi connectivity index (χ0) is 17.7. The molecule has 1 aromatic carbocycles. The van der Waals surface area contributed by atoms with Crippen LogP contribution in [0.3, 0.4) is 0 Å². The number of hydrogen-bond acceptors (Lipinski definition) is 3. The molecule has 132 valence electrons. The molecule has 5 nitrogen and oxygen atoms in total. The maximum Gasteiger partial charge on any atom is 0.229 e. The average Bonchev–Trinajstić information content (AvgIpc) is 2.88. The largest absolute Gasteiger partial charge is 0.491 e.